The summed E-state index contributed by atoms with van der Waals surface area (Å²) >= 11 is 1.43. The van der Waals surface area contributed by atoms with Gasteiger partial charge in [-0.25, -0.2) is 19.9 Å². The van der Waals surface area contributed by atoms with Crippen LogP contribution in [0.3, 0.4) is 0 Å². The van der Waals surface area contributed by atoms with Crippen molar-refractivity contribution in [3.63, 3.8) is 0 Å². The minimum Gasteiger partial charge on any atom is -0.480 e. The van der Waals surface area contributed by atoms with Crippen molar-refractivity contribution in [2.45, 2.75) is 13.0 Å². The largest absolute Gasteiger partial charge is 0.480 e. The minimum atomic E-state index is -1.04. The van der Waals surface area contributed by atoms with E-state index in [1.54, 1.807) is 12.3 Å². The molecule has 3 heterocycles. The van der Waals surface area contributed by atoms with Crippen molar-refractivity contribution >= 4 is 45.1 Å². The zero-order valence-corrected chi connectivity index (χ0v) is 19.9. The summed E-state index contributed by atoms with van der Waals surface area (Å²) in [5.41, 5.74) is 2.88. The lowest BCUT2D eigenvalue weighted by Gasteiger charge is -2.13. The zero-order chi connectivity index (χ0) is 25.1. The van der Waals surface area contributed by atoms with E-state index in [4.69, 9.17) is 0 Å². The molecular weight excluding hydrogens is 476 g/mol. The third kappa shape index (κ3) is 4.89. The van der Waals surface area contributed by atoms with E-state index in [0.29, 0.717) is 17.1 Å². The molecule has 36 heavy (non-hydrogen) atoms. The molecule has 0 aliphatic carbocycles. The number of amides is 1. The average molecular weight is 497 g/mol. The first kappa shape index (κ1) is 23.1. The number of fused-ring (bicyclic) bond motifs is 1. The molecule has 0 spiro atoms. The van der Waals surface area contributed by atoms with Gasteiger partial charge in [0.1, 0.15) is 32.9 Å². The minimum absolute atomic E-state index is 0.0877. The number of carbonyl (C=O) groups is 2. The summed E-state index contributed by atoms with van der Waals surface area (Å²) in [5.74, 6) is -0.976. The Kier molecular flexibility index (Phi) is 6.33. The van der Waals surface area contributed by atoms with Gasteiger partial charge in [-0.05, 0) is 31.2 Å². The van der Waals surface area contributed by atoms with Crippen LogP contribution in [-0.2, 0) is 4.79 Å². The highest BCUT2D eigenvalue weighted by molar-refractivity contribution is 7.21. The maximum atomic E-state index is 13.4. The molecule has 5 rings (SSSR count). The van der Waals surface area contributed by atoms with Crippen molar-refractivity contribution < 1.29 is 14.7 Å². The Morgan fingerprint density at radius 2 is 1.72 bits per heavy atom. The van der Waals surface area contributed by atoms with Gasteiger partial charge in [-0.3, -0.25) is 9.59 Å². The van der Waals surface area contributed by atoms with Crippen LogP contribution >= 0.6 is 11.3 Å². The molecule has 0 saturated carbocycles. The maximum Gasteiger partial charge on any atom is 0.325 e. The van der Waals surface area contributed by atoms with Crippen LogP contribution in [0.4, 0.5) is 11.5 Å². The first-order chi connectivity index (χ1) is 17.5. The Bertz CT molecular complexity index is 1540. The summed E-state index contributed by atoms with van der Waals surface area (Å²) in [6, 6.07) is 20.8. The molecule has 0 saturated heterocycles. The van der Waals surface area contributed by atoms with Gasteiger partial charge < -0.3 is 15.7 Å². The fourth-order valence-corrected chi connectivity index (χ4v) is 4.43. The molecule has 0 aliphatic rings. The van der Waals surface area contributed by atoms with Gasteiger partial charge in [0.05, 0.1) is 5.69 Å². The quantitative estimate of drug-likeness (QED) is 0.288. The van der Waals surface area contributed by atoms with Gasteiger partial charge in [-0.15, -0.1) is 0 Å². The monoisotopic (exact) mass is 496 g/mol. The number of para-hydroxylation sites is 1. The van der Waals surface area contributed by atoms with Crippen LogP contribution in [-0.4, -0.2) is 43.0 Å². The van der Waals surface area contributed by atoms with Gasteiger partial charge in [-0.2, -0.15) is 0 Å². The van der Waals surface area contributed by atoms with Crippen LogP contribution < -0.4 is 10.6 Å². The number of aromatic nitrogens is 4. The number of thiazole rings is 1. The van der Waals surface area contributed by atoms with Gasteiger partial charge in [0.25, 0.3) is 5.91 Å². The molecule has 1 amide bonds. The van der Waals surface area contributed by atoms with Gasteiger partial charge >= 0.3 is 5.97 Å². The van der Waals surface area contributed by atoms with E-state index < -0.39 is 17.9 Å². The number of carboxylic acids is 1. The first-order valence-electron chi connectivity index (χ1n) is 11.0. The Morgan fingerprint density at radius 3 is 2.50 bits per heavy atom. The standard InChI is InChI=1S/C26H20N6O3S/c1-15(26(34)35)28-21-14-20(29-22(32-21)16-8-3-2-4-9-16)23(33)30-18-11-6-5-10-17(18)24-31-19-12-7-13-27-25(19)36-24/h2-15H,1H3,(H,30,33)(H,34,35)(H,28,29,32). The Labute approximate surface area is 209 Å². The number of pyridine rings is 1. The number of rotatable bonds is 7. The lowest BCUT2D eigenvalue weighted by Crippen LogP contribution is -2.26. The molecule has 3 aromatic heterocycles. The molecular formula is C26H20N6O3S. The van der Waals surface area contributed by atoms with E-state index in [0.717, 1.165) is 20.9 Å². The van der Waals surface area contributed by atoms with Crippen LogP contribution in [0.2, 0.25) is 0 Å². The number of benzene rings is 2. The maximum absolute atomic E-state index is 13.4. The average Bonchev–Trinajstić information content (AvgIpc) is 3.33. The van der Waals surface area contributed by atoms with Gasteiger partial charge in [-0.1, -0.05) is 53.8 Å². The van der Waals surface area contributed by atoms with Crippen molar-refractivity contribution in [3.05, 3.63) is 84.7 Å². The van der Waals surface area contributed by atoms with Crippen molar-refractivity contribution in [3.8, 4) is 22.0 Å². The molecule has 178 valence electrons. The molecule has 2 aromatic carbocycles. The summed E-state index contributed by atoms with van der Waals surface area (Å²) in [6.07, 6.45) is 1.72. The third-order valence-electron chi connectivity index (χ3n) is 5.30. The van der Waals surface area contributed by atoms with E-state index in [2.05, 4.69) is 30.6 Å². The number of carboxylic acid groups (broad SMARTS) is 1. The normalized spacial score (nSPS) is 11.7. The molecule has 0 fully saturated rings. The highest BCUT2D eigenvalue weighted by Crippen LogP contribution is 2.33. The van der Waals surface area contributed by atoms with E-state index in [1.807, 2.05) is 60.7 Å². The lowest BCUT2D eigenvalue weighted by atomic mass is 10.1. The zero-order valence-electron chi connectivity index (χ0n) is 19.0. The molecule has 3 N–H and O–H groups in total. The van der Waals surface area contributed by atoms with Crippen LogP contribution in [0.5, 0.6) is 0 Å². The fraction of sp³-hybridized carbons (Fsp3) is 0.0769. The van der Waals surface area contributed by atoms with Crippen LogP contribution in [0.25, 0.3) is 32.3 Å². The van der Waals surface area contributed by atoms with Gasteiger partial charge in [0.2, 0.25) is 0 Å². The molecule has 9 nitrogen and oxygen atoms in total. The first-order valence-corrected chi connectivity index (χ1v) is 11.9. The van der Waals surface area contributed by atoms with Gasteiger partial charge in [0, 0.05) is 23.4 Å². The number of carbonyl (C=O) groups excluding carboxylic acids is 1. The van der Waals surface area contributed by atoms with Crippen LogP contribution in [0.1, 0.15) is 17.4 Å². The van der Waals surface area contributed by atoms with Crippen molar-refractivity contribution in [2.75, 3.05) is 10.6 Å². The summed E-state index contributed by atoms with van der Waals surface area (Å²) < 4.78 is 0. The van der Waals surface area contributed by atoms with Crippen LogP contribution in [0.15, 0.2) is 79.0 Å². The number of anilines is 2. The molecule has 5 aromatic rings. The molecule has 10 heteroatoms. The second-order valence-corrected chi connectivity index (χ2v) is 8.86. The smallest absolute Gasteiger partial charge is 0.325 e. The molecule has 1 unspecified atom stereocenters. The Hall–Kier alpha value is -4.70. The summed E-state index contributed by atoms with van der Waals surface area (Å²) in [7, 11) is 0. The Balaban J connectivity index is 1.50. The number of hydrogen-bond acceptors (Lipinski definition) is 8. The number of aliphatic carboxylic acids is 1. The summed E-state index contributed by atoms with van der Waals surface area (Å²) in [4.78, 5) is 43.4. The number of nitrogens with zero attached hydrogens (tertiary/aromatic N) is 4. The predicted molar refractivity (Wildman–Crippen MR) is 139 cm³/mol. The van der Waals surface area contributed by atoms with Crippen molar-refractivity contribution in [1.29, 1.82) is 0 Å². The predicted octanol–water partition coefficient (Wildman–Crippen LogP) is 4.95. The van der Waals surface area contributed by atoms with E-state index in [1.165, 1.54) is 24.3 Å². The Morgan fingerprint density at radius 1 is 0.944 bits per heavy atom. The van der Waals surface area contributed by atoms with Gasteiger partial charge in [0.15, 0.2) is 5.82 Å². The summed E-state index contributed by atoms with van der Waals surface area (Å²) in [6.45, 7) is 1.50. The number of hydrogen-bond donors (Lipinski definition) is 3. The third-order valence-corrected chi connectivity index (χ3v) is 6.31. The van der Waals surface area contributed by atoms with Crippen molar-refractivity contribution in [2.24, 2.45) is 0 Å². The summed E-state index contributed by atoms with van der Waals surface area (Å²) in [5, 5.41) is 15.8. The fourth-order valence-electron chi connectivity index (χ4n) is 3.49. The molecule has 1 atom stereocenters. The molecule has 0 bridgehead atoms. The molecule has 0 radical (unpaired) electrons. The van der Waals surface area contributed by atoms with Crippen molar-refractivity contribution in [1.82, 2.24) is 19.9 Å². The number of nitrogens with one attached hydrogen (secondary N) is 2. The molecule has 0 aliphatic heterocycles. The van der Waals surface area contributed by atoms with E-state index >= 15 is 0 Å². The highest BCUT2D eigenvalue weighted by atomic mass is 32.1. The lowest BCUT2D eigenvalue weighted by molar-refractivity contribution is -0.137. The van der Waals surface area contributed by atoms with Crippen LogP contribution in [0, 0.1) is 0 Å². The van der Waals surface area contributed by atoms with E-state index in [-0.39, 0.29) is 11.5 Å². The highest BCUT2D eigenvalue weighted by Gasteiger charge is 2.19. The van der Waals surface area contributed by atoms with E-state index in [9.17, 15) is 14.7 Å². The second kappa shape index (κ2) is 9.88. The SMILES string of the molecule is CC(Nc1cc(C(=O)Nc2ccccc2-c2nc3cccnc3s2)nc(-c2ccccc2)n1)C(=O)O. The topological polar surface area (TPSA) is 130 Å². The second-order valence-electron chi connectivity index (χ2n) is 7.88.